The van der Waals surface area contributed by atoms with Crippen LogP contribution < -0.4 is 10.6 Å². The lowest BCUT2D eigenvalue weighted by atomic mass is 9.82. The van der Waals surface area contributed by atoms with E-state index in [1.54, 1.807) is 42.5 Å². The van der Waals surface area contributed by atoms with Crippen molar-refractivity contribution in [2.75, 3.05) is 10.6 Å². The number of hydrogen-bond donors (Lipinski definition) is 3. The first kappa shape index (κ1) is 51.8. The van der Waals surface area contributed by atoms with Crippen LogP contribution in [0.5, 0.6) is 5.75 Å². The zero-order valence-electron chi connectivity index (χ0n) is 42.4. The van der Waals surface area contributed by atoms with Crippen molar-refractivity contribution in [1.29, 1.82) is 0 Å². The Hall–Kier alpha value is -7.00. The van der Waals surface area contributed by atoms with Crippen LogP contribution in [0.15, 0.2) is 115 Å². The second-order valence-electron chi connectivity index (χ2n) is 18.8. The maximum Gasteiger partial charge on any atom is 0.339 e. The summed E-state index contributed by atoms with van der Waals surface area (Å²) in [7, 11) is 0. The topological polar surface area (TPSA) is 131 Å². The Morgan fingerprint density at radius 2 is 0.887 bits per heavy atom. The van der Waals surface area contributed by atoms with Crippen molar-refractivity contribution in [2.45, 2.75) is 144 Å². The summed E-state index contributed by atoms with van der Waals surface area (Å²) in [5, 5.41) is 16.2. The van der Waals surface area contributed by atoms with Crippen molar-refractivity contribution in [2.24, 2.45) is 0 Å². The maximum atomic E-state index is 14.0. The number of rotatable bonds is 12. The molecule has 0 amide bonds. The maximum absolute atomic E-state index is 14.0. The van der Waals surface area contributed by atoms with Gasteiger partial charge in [-0.15, -0.1) is 0 Å². The molecule has 0 spiro atoms. The van der Waals surface area contributed by atoms with Crippen molar-refractivity contribution < 1.29 is 33.8 Å². The first-order valence-electron chi connectivity index (χ1n) is 25.8. The number of fused-ring (bicyclic) bond motifs is 2. The molecule has 0 atom stereocenters. The van der Waals surface area contributed by atoms with Gasteiger partial charge in [-0.05, 0) is 149 Å². The zero-order chi connectivity index (χ0) is 50.4. The van der Waals surface area contributed by atoms with E-state index in [-0.39, 0.29) is 23.8 Å². The number of hydrogen-bond acceptors (Lipinski definition) is 9. The molecule has 0 unspecified atom stereocenters. The first-order valence-corrected chi connectivity index (χ1v) is 25.8. The van der Waals surface area contributed by atoms with Crippen LogP contribution in [0.2, 0.25) is 0 Å². The molecule has 0 bridgehead atoms. The molecule has 3 N–H and O–H groups in total. The molecule has 370 valence electrons. The third-order valence-electron chi connectivity index (χ3n) is 14.0. The summed E-state index contributed by atoms with van der Waals surface area (Å²) in [5.41, 5.74) is 12.6. The number of ketones is 2. The van der Waals surface area contributed by atoms with E-state index in [4.69, 9.17) is 14.6 Å². The molecule has 3 aliphatic rings. The number of carbonyl (C=O) groups is 4. The summed E-state index contributed by atoms with van der Waals surface area (Å²) >= 11 is 0. The fraction of sp³-hybridized carbons (Fsp3) is 0.355. The molecule has 6 aromatic carbocycles. The predicted octanol–water partition coefficient (Wildman–Crippen LogP) is 14.9. The van der Waals surface area contributed by atoms with E-state index in [9.17, 15) is 19.2 Å². The molecule has 3 aliphatic carbocycles. The van der Waals surface area contributed by atoms with Crippen LogP contribution in [0.3, 0.4) is 0 Å². The summed E-state index contributed by atoms with van der Waals surface area (Å²) < 4.78 is 11.2. The van der Waals surface area contributed by atoms with Crippen LogP contribution in [-0.4, -0.2) is 40.8 Å². The highest BCUT2D eigenvalue weighted by Crippen LogP contribution is 2.41. The summed E-state index contributed by atoms with van der Waals surface area (Å²) in [5.74, 6) is -0.697. The summed E-state index contributed by atoms with van der Waals surface area (Å²) in [6.45, 7) is 12.4. The second-order valence-corrected chi connectivity index (χ2v) is 18.8. The number of aryl methyl sites for hydroxylation is 6. The van der Waals surface area contributed by atoms with Gasteiger partial charge < -0.3 is 25.2 Å². The van der Waals surface area contributed by atoms with E-state index in [0.29, 0.717) is 50.5 Å². The SMILES string of the molecule is CCc1cccc(CC)c1Nc1ccc(Nc2c(CC)cccc2CC)c2c1C(=O)c1ccccc1C2=O.Cc1ccc(O)c(C)c1.O=C(OC1CCCCC1)c1ccccc1C(=O)OC1CCCCC1. The average Bonchev–Trinajstić information content (AvgIpc) is 3.40. The molecule has 0 radical (unpaired) electrons. The Labute approximate surface area is 420 Å². The Morgan fingerprint density at radius 1 is 0.507 bits per heavy atom. The van der Waals surface area contributed by atoms with Gasteiger partial charge in [0.15, 0.2) is 11.6 Å². The number of anilines is 4. The van der Waals surface area contributed by atoms with E-state index >= 15 is 0 Å². The Morgan fingerprint density at radius 3 is 1.24 bits per heavy atom. The number of ether oxygens (including phenoxy) is 2. The minimum Gasteiger partial charge on any atom is -0.508 e. The van der Waals surface area contributed by atoms with Crippen LogP contribution in [0.1, 0.15) is 178 Å². The minimum atomic E-state index is -0.405. The lowest BCUT2D eigenvalue weighted by Crippen LogP contribution is -2.24. The van der Waals surface area contributed by atoms with Crippen LogP contribution in [0, 0.1) is 13.8 Å². The number of benzene rings is 6. The molecular weight excluding hydrogens is 885 g/mol. The molecule has 9 heteroatoms. The molecule has 6 aromatic rings. The van der Waals surface area contributed by atoms with Gasteiger partial charge in [0.25, 0.3) is 0 Å². The van der Waals surface area contributed by atoms with E-state index < -0.39 is 11.9 Å². The lowest BCUT2D eigenvalue weighted by molar-refractivity contribution is 0.0164. The molecule has 2 saturated carbocycles. The van der Waals surface area contributed by atoms with Gasteiger partial charge in [0.1, 0.15) is 18.0 Å². The molecule has 0 heterocycles. The van der Waals surface area contributed by atoms with Gasteiger partial charge in [0.2, 0.25) is 0 Å². The molecule has 71 heavy (non-hydrogen) atoms. The van der Waals surface area contributed by atoms with Crippen molar-refractivity contribution in [3.63, 3.8) is 0 Å². The van der Waals surface area contributed by atoms with Crippen LogP contribution >= 0.6 is 0 Å². The Kier molecular flexibility index (Phi) is 18.0. The van der Waals surface area contributed by atoms with Gasteiger partial charge >= 0.3 is 11.9 Å². The predicted molar refractivity (Wildman–Crippen MR) is 285 cm³/mol. The number of phenols is 1. The smallest absolute Gasteiger partial charge is 0.339 e. The minimum absolute atomic E-state index is 0.0197. The molecule has 0 saturated heterocycles. The summed E-state index contributed by atoms with van der Waals surface area (Å²) in [4.78, 5) is 53.0. The second kappa shape index (κ2) is 24.7. The van der Waals surface area contributed by atoms with Crippen LogP contribution in [0.25, 0.3) is 0 Å². The number of esters is 2. The highest BCUT2D eigenvalue weighted by atomic mass is 16.6. The zero-order valence-corrected chi connectivity index (χ0v) is 42.4. The number of carbonyl (C=O) groups excluding carboxylic acids is 4. The van der Waals surface area contributed by atoms with Crippen molar-refractivity contribution in [3.05, 3.63) is 182 Å². The van der Waals surface area contributed by atoms with Gasteiger partial charge in [-0.3, -0.25) is 9.59 Å². The van der Waals surface area contributed by atoms with Crippen molar-refractivity contribution >= 4 is 46.3 Å². The third-order valence-corrected chi connectivity index (χ3v) is 14.0. The summed E-state index contributed by atoms with van der Waals surface area (Å²) in [6.07, 6.45) is 13.9. The standard InChI is InChI=1S/C34H34N2O2.C20H26O4.C8H10O/c1-5-21-13-11-14-22(6-2)31(21)35-27-19-20-28(36-32-23(7-3)15-12-16-24(32)8-4)30-29(27)33(37)25-17-9-10-18-26(25)34(30)38;21-19(23-15-9-3-1-4-10-15)17-13-7-8-14-18(17)20(22)24-16-11-5-2-6-12-16;1-6-3-4-8(9)7(2)5-6/h9-20,35-36H,5-8H2,1-4H3;7-8,13-16H,1-6,9-12H2;3-5,9H,1-2H3. The molecular formula is C62H70N2O7. The molecule has 9 rings (SSSR count). The number of nitrogens with one attached hydrogen (secondary N) is 2. The van der Waals surface area contributed by atoms with Gasteiger partial charge in [-0.1, -0.05) is 131 Å². The van der Waals surface area contributed by atoms with Crippen LogP contribution in [-0.2, 0) is 35.2 Å². The number of phenolic OH excluding ortho intramolecular Hbond substituents is 1. The van der Waals surface area contributed by atoms with E-state index in [1.165, 1.54) is 40.7 Å². The van der Waals surface area contributed by atoms with Gasteiger partial charge in [0.05, 0.1) is 33.6 Å². The number of para-hydroxylation sites is 2. The van der Waals surface area contributed by atoms with Crippen molar-refractivity contribution in [3.8, 4) is 5.75 Å². The van der Waals surface area contributed by atoms with E-state index in [1.807, 2.05) is 50.2 Å². The van der Waals surface area contributed by atoms with Crippen molar-refractivity contribution in [1.82, 2.24) is 0 Å². The third kappa shape index (κ3) is 12.5. The lowest BCUT2D eigenvalue weighted by Gasteiger charge is -2.26. The summed E-state index contributed by atoms with van der Waals surface area (Å²) in [6, 6.07) is 36.0. The van der Waals surface area contributed by atoms with Crippen LogP contribution in [0.4, 0.5) is 22.7 Å². The fourth-order valence-electron chi connectivity index (χ4n) is 9.95. The van der Waals surface area contributed by atoms with Gasteiger partial charge in [0, 0.05) is 22.5 Å². The molecule has 0 aromatic heterocycles. The molecule has 9 nitrogen and oxygen atoms in total. The highest BCUT2D eigenvalue weighted by Gasteiger charge is 2.35. The van der Waals surface area contributed by atoms with Gasteiger partial charge in [-0.25, -0.2) is 9.59 Å². The largest absolute Gasteiger partial charge is 0.508 e. The number of aromatic hydroxyl groups is 1. The average molecular weight is 955 g/mol. The quantitative estimate of drug-likeness (QED) is 0.102. The Balaban J connectivity index is 0.000000190. The normalized spacial score (nSPS) is 14.4. The van der Waals surface area contributed by atoms with E-state index in [0.717, 1.165) is 94.0 Å². The molecule has 0 aliphatic heterocycles. The fourth-order valence-corrected chi connectivity index (χ4v) is 9.95. The Bertz CT molecular complexity index is 2640. The van der Waals surface area contributed by atoms with E-state index in [2.05, 4.69) is 74.7 Å². The highest BCUT2D eigenvalue weighted by molar-refractivity contribution is 6.32. The van der Waals surface area contributed by atoms with Gasteiger partial charge in [-0.2, -0.15) is 0 Å². The monoisotopic (exact) mass is 955 g/mol. The first-order chi connectivity index (χ1) is 34.5. The molecule has 2 fully saturated rings.